The minimum Gasteiger partial charge on any atom is -0.329 e. The molecule has 0 aromatic heterocycles. The molecule has 0 bridgehead atoms. The highest BCUT2D eigenvalue weighted by molar-refractivity contribution is 5.22. The number of hydrogen-bond acceptors (Lipinski definition) is 3. The first-order valence-corrected chi connectivity index (χ1v) is 7.37. The van der Waals surface area contributed by atoms with E-state index in [9.17, 15) is 4.39 Å². The van der Waals surface area contributed by atoms with Crippen molar-refractivity contribution < 1.29 is 4.39 Å². The summed E-state index contributed by atoms with van der Waals surface area (Å²) in [6, 6.07) is 6.96. The Morgan fingerprint density at radius 1 is 1.15 bits per heavy atom. The van der Waals surface area contributed by atoms with Gasteiger partial charge in [0.15, 0.2) is 0 Å². The Morgan fingerprint density at radius 2 is 1.75 bits per heavy atom. The second-order valence-electron chi connectivity index (χ2n) is 6.47. The van der Waals surface area contributed by atoms with E-state index in [4.69, 9.17) is 5.73 Å². The Morgan fingerprint density at radius 3 is 2.25 bits per heavy atom. The number of hydrogen-bond donors (Lipinski definition) is 1. The summed E-state index contributed by atoms with van der Waals surface area (Å²) in [5, 5.41) is 0. The molecule has 1 aromatic carbocycles. The van der Waals surface area contributed by atoms with Gasteiger partial charge >= 0.3 is 0 Å². The van der Waals surface area contributed by atoms with E-state index in [0.717, 1.165) is 31.7 Å². The molecule has 1 aliphatic heterocycles. The van der Waals surface area contributed by atoms with Gasteiger partial charge in [-0.15, -0.1) is 0 Å². The molecule has 3 nitrogen and oxygen atoms in total. The third-order valence-electron chi connectivity index (χ3n) is 4.19. The summed E-state index contributed by atoms with van der Waals surface area (Å²) in [4.78, 5) is 4.78. The van der Waals surface area contributed by atoms with E-state index in [1.807, 2.05) is 12.1 Å². The van der Waals surface area contributed by atoms with Gasteiger partial charge in [0, 0.05) is 43.8 Å². The van der Waals surface area contributed by atoms with Gasteiger partial charge in [-0.3, -0.25) is 9.80 Å². The summed E-state index contributed by atoms with van der Waals surface area (Å²) in [6.45, 7) is 11.1. The van der Waals surface area contributed by atoms with Crippen molar-refractivity contribution in [3.05, 3.63) is 35.6 Å². The molecular weight excluding hydrogens is 253 g/mol. The summed E-state index contributed by atoms with van der Waals surface area (Å²) >= 11 is 0. The fourth-order valence-corrected chi connectivity index (χ4v) is 2.92. The van der Waals surface area contributed by atoms with Crippen molar-refractivity contribution in [3.8, 4) is 0 Å². The highest BCUT2D eigenvalue weighted by Crippen LogP contribution is 2.25. The molecule has 1 aromatic rings. The van der Waals surface area contributed by atoms with Crippen LogP contribution in [0.25, 0.3) is 0 Å². The Hall–Kier alpha value is -0.970. The van der Waals surface area contributed by atoms with Crippen molar-refractivity contribution in [1.29, 1.82) is 0 Å². The van der Waals surface area contributed by atoms with Gasteiger partial charge in [-0.2, -0.15) is 0 Å². The smallest absolute Gasteiger partial charge is 0.128 e. The van der Waals surface area contributed by atoms with E-state index in [2.05, 4.69) is 30.6 Å². The van der Waals surface area contributed by atoms with Crippen molar-refractivity contribution in [1.82, 2.24) is 9.80 Å². The lowest BCUT2D eigenvalue weighted by molar-refractivity contribution is 0.0426. The zero-order valence-corrected chi connectivity index (χ0v) is 12.8. The van der Waals surface area contributed by atoms with E-state index in [0.29, 0.717) is 6.54 Å². The number of rotatable bonds is 3. The molecule has 1 unspecified atom stereocenters. The number of benzene rings is 1. The van der Waals surface area contributed by atoms with E-state index in [1.54, 1.807) is 6.07 Å². The van der Waals surface area contributed by atoms with Gasteiger partial charge in [0.05, 0.1) is 6.04 Å². The fraction of sp³-hybridized carbons (Fsp3) is 0.625. The molecule has 1 saturated heterocycles. The molecule has 2 rings (SSSR count). The normalized spacial score (nSPS) is 20.1. The first-order chi connectivity index (χ1) is 9.43. The van der Waals surface area contributed by atoms with Gasteiger partial charge in [-0.05, 0) is 26.8 Å². The summed E-state index contributed by atoms with van der Waals surface area (Å²) < 4.78 is 14.0. The zero-order valence-electron chi connectivity index (χ0n) is 12.8. The molecule has 112 valence electrons. The number of piperazine rings is 1. The topological polar surface area (TPSA) is 32.5 Å². The number of halogens is 1. The quantitative estimate of drug-likeness (QED) is 0.921. The van der Waals surface area contributed by atoms with Crippen LogP contribution in [0.3, 0.4) is 0 Å². The second-order valence-corrected chi connectivity index (χ2v) is 6.47. The van der Waals surface area contributed by atoms with Crippen molar-refractivity contribution >= 4 is 0 Å². The number of nitrogens with zero attached hydrogens (tertiary/aromatic N) is 2. The summed E-state index contributed by atoms with van der Waals surface area (Å²) in [7, 11) is 0. The molecule has 2 N–H and O–H groups in total. The van der Waals surface area contributed by atoms with E-state index < -0.39 is 0 Å². The van der Waals surface area contributed by atoms with Crippen molar-refractivity contribution in [2.45, 2.75) is 32.4 Å². The van der Waals surface area contributed by atoms with Gasteiger partial charge in [-0.1, -0.05) is 18.2 Å². The standard InChI is InChI=1S/C16H26FN3/c1-16(2,3)20-10-8-19(9-11-20)15(12-18)13-6-4-5-7-14(13)17/h4-7,15H,8-12,18H2,1-3H3. The minimum atomic E-state index is -0.152. The lowest BCUT2D eigenvalue weighted by atomic mass is 10.0. The second kappa shape index (κ2) is 6.20. The Labute approximate surface area is 121 Å². The van der Waals surface area contributed by atoms with E-state index in [-0.39, 0.29) is 17.4 Å². The molecule has 1 atom stereocenters. The third kappa shape index (κ3) is 3.37. The van der Waals surface area contributed by atoms with Gasteiger partial charge in [-0.25, -0.2) is 4.39 Å². The monoisotopic (exact) mass is 279 g/mol. The van der Waals surface area contributed by atoms with Crippen molar-refractivity contribution in [2.75, 3.05) is 32.7 Å². The van der Waals surface area contributed by atoms with Crippen LogP contribution in [-0.2, 0) is 0 Å². The Bertz CT molecular complexity index is 434. The van der Waals surface area contributed by atoms with E-state index in [1.165, 1.54) is 6.07 Å². The van der Waals surface area contributed by atoms with Crippen LogP contribution in [0.15, 0.2) is 24.3 Å². The molecule has 4 heteroatoms. The molecule has 0 amide bonds. The Kier molecular flexibility index (Phi) is 4.78. The zero-order chi connectivity index (χ0) is 14.8. The lowest BCUT2D eigenvalue weighted by Crippen LogP contribution is -2.54. The minimum absolute atomic E-state index is 0.0154. The summed E-state index contributed by atoms with van der Waals surface area (Å²) in [6.07, 6.45) is 0. The van der Waals surface area contributed by atoms with Crippen molar-refractivity contribution in [2.24, 2.45) is 5.73 Å². The van der Waals surface area contributed by atoms with Gasteiger partial charge in [0.2, 0.25) is 0 Å². The average molecular weight is 279 g/mol. The molecule has 0 radical (unpaired) electrons. The van der Waals surface area contributed by atoms with E-state index >= 15 is 0 Å². The molecule has 0 saturated carbocycles. The highest BCUT2D eigenvalue weighted by Gasteiger charge is 2.29. The molecule has 0 spiro atoms. The maximum Gasteiger partial charge on any atom is 0.128 e. The average Bonchev–Trinajstić information content (AvgIpc) is 2.41. The first kappa shape index (κ1) is 15.4. The third-order valence-corrected chi connectivity index (χ3v) is 4.19. The predicted octanol–water partition coefficient (Wildman–Crippen LogP) is 2.24. The Balaban J connectivity index is 2.06. The van der Waals surface area contributed by atoms with Crippen molar-refractivity contribution in [3.63, 3.8) is 0 Å². The lowest BCUT2D eigenvalue weighted by Gasteiger charge is -2.44. The largest absolute Gasteiger partial charge is 0.329 e. The van der Waals surface area contributed by atoms with Crippen LogP contribution >= 0.6 is 0 Å². The van der Waals surface area contributed by atoms with Gasteiger partial charge in [0.1, 0.15) is 5.82 Å². The van der Waals surface area contributed by atoms with Crippen LogP contribution in [0.4, 0.5) is 4.39 Å². The van der Waals surface area contributed by atoms with Gasteiger partial charge in [0.25, 0.3) is 0 Å². The molecule has 1 aliphatic rings. The highest BCUT2D eigenvalue weighted by atomic mass is 19.1. The van der Waals surface area contributed by atoms with Crippen LogP contribution in [0.2, 0.25) is 0 Å². The van der Waals surface area contributed by atoms with Crippen LogP contribution in [0, 0.1) is 5.82 Å². The molecule has 1 fully saturated rings. The first-order valence-electron chi connectivity index (χ1n) is 7.37. The van der Waals surface area contributed by atoms with Crippen LogP contribution < -0.4 is 5.73 Å². The summed E-state index contributed by atoms with van der Waals surface area (Å²) in [5.74, 6) is -0.152. The fourth-order valence-electron chi connectivity index (χ4n) is 2.92. The SMILES string of the molecule is CC(C)(C)N1CCN(C(CN)c2ccccc2F)CC1. The maximum absolute atomic E-state index is 14.0. The summed E-state index contributed by atoms with van der Waals surface area (Å²) in [5.41, 5.74) is 6.82. The van der Waals surface area contributed by atoms with Crippen LogP contribution in [0.1, 0.15) is 32.4 Å². The van der Waals surface area contributed by atoms with Crippen LogP contribution in [0.5, 0.6) is 0 Å². The maximum atomic E-state index is 14.0. The van der Waals surface area contributed by atoms with Crippen LogP contribution in [-0.4, -0.2) is 48.1 Å². The molecule has 0 aliphatic carbocycles. The molecule has 1 heterocycles. The molecule has 20 heavy (non-hydrogen) atoms. The number of nitrogens with two attached hydrogens (primary N) is 1. The molecular formula is C16H26FN3. The predicted molar refractivity (Wildman–Crippen MR) is 81.1 cm³/mol. The van der Waals surface area contributed by atoms with Gasteiger partial charge < -0.3 is 5.73 Å².